The van der Waals surface area contributed by atoms with Crippen molar-refractivity contribution >= 4 is 27.5 Å². The minimum absolute atomic E-state index is 0.782. The summed E-state index contributed by atoms with van der Waals surface area (Å²) in [6, 6.07) is 16.6. The second-order valence-electron chi connectivity index (χ2n) is 5.06. The maximum Gasteiger partial charge on any atom is 0.0702 e. The highest BCUT2D eigenvalue weighted by atomic mass is 15.1. The molecule has 0 amide bonds. The molecule has 0 bridgehead atoms. The molecule has 0 atom stereocenters. The largest absolute Gasteiger partial charge is 0.381 e. The second kappa shape index (κ2) is 4.90. The molecule has 4 nitrogen and oxygen atoms in total. The van der Waals surface area contributed by atoms with Crippen LogP contribution in [0.25, 0.3) is 21.8 Å². The van der Waals surface area contributed by atoms with Crippen LogP contribution in [0.15, 0.2) is 60.9 Å². The summed E-state index contributed by atoms with van der Waals surface area (Å²) >= 11 is 0. The molecule has 0 aliphatic carbocycles. The Hall–Kier alpha value is -2.88. The fraction of sp³-hybridized carbons (Fsp3) is 0.0588. The minimum Gasteiger partial charge on any atom is -0.381 e. The third-order valence-corrected chi connectivity index (χ3v) is 3.61. The van der Waals surface area contributed by atoms with Crippen molar-refractivity contribution in [3.8, 4) is 0 Å². The first-order valence-corrected chi connectivity index (χ1v) is 6.89. The number of H-pyrrole nitrogens is 1. The molecule has 0 aliphatic rings. The number of anilines is 1. The molecule has 2 N–H and O–H groups in total. The molecular formula is C17H14N4. The molecule has 4 heteroatoms. The molecule has 0 spiro atoms. The molecule has 0 saturated heterocycles. The molecule has 2 aromatic heterocycles. The van der Waals surface area contributed by atoms with Crippen LogP contribution in [0.2, 0.25) is 0 Å². The highest BCUT2D eigenvalue weighted by Gasteiger charge is 2.00. The summed E-state index contributed by atoms with van der Waals surface area (Å²) in [7, 11) is 0. The SMILES string of the molecule is c1cnc2ccc(CNc3ccc4cn[nH]c4c3)cc2c1. The fourth-order valence-electron chi connectivity index (χ4n) is 2.49. The van der Waals surface area contributed by atoms with E-state index >= 15 is 0 Å². The van der Waals surface area contributed by atoms with Crippen molar-refractivity contribution in [2.75, 3.05) is 5.32 Å². The van der Waals surface area contributed by atoms with E-state index in [0.717, 1.165) is 28.7 Å². The van der Waals surface area contributed by atoms with E-state index in [1.807, 2.05) is 18.5 Å². The summed E-state index contributed by atoms with van der Waals surface area (Å²) in [6.07, 6.45) is 3.65. The summed E-state index contributed by atoms with van der Waals surface area (Å²) in [6.45, 7) is 0.782. The molecule has 0 saturated carbocycles. The van der Waals surface area contributed by atoms with Crippen LogP contribution in [0, 0.1) is 0 Å². The van der Waals surface area contributed by atoms with Gasteiger partial charge in [0.1, 0.15) is 0 Å². The lowest BCUT2D eigenvalue weighted by Crippen LogP contribution is -1.99. The van der Waals surface area contributed by atoms with E-state index in [2.05, 4.69) is 63.0 Å². The van der Waals surface area contributed by atoms with E-state index in [1.165, 1.54) is 10.9 Å². The van der Waals surface area contributed by atoms with Crippen LogP contribution in [0.3, 0.4) is 0 Å². The summed E-state index contributed by atoms with van der Waals surface area (Å²) in [4.78, 5) is 4.34. The number of nitrogens with zero attached hydrogens (tertiary/aromatic N) is 2. The lowest BCUT2D eigenvalue weighted by atomic mass is 10.1. The Morgan fingerprint density at radius 1 is 1.00 bits per heavy atom. The molecule has 0 radical (unpaired) electrons. The highest BCUT2D eigenvalue weighted by Crippen LogP contribution is 2.18. The van der Waals surface area contributed by atoms with Gasteiger partial charge in [-0.05, 0) is 42.0 Å². The van der Waals surface area contributed by atoms with Gasteiger partial charge in [-0.2, -0.15) is 5.10 Å². The topological polar surface area (TPSA) is 53.6 Å². The van der Waals surface area contributed by atoms with Crippen molar-refractivity contribution in [2.45, 2.75) is 6.54 Å². The van der Waals surface area contributed by atoms with Gasteiger partial charge in [0.2, 0.25) is 0 Å². The quantitative estimate of drug-likeness (QED) is 0.598. The molecule has 0 fully saturated rings. The Kier molecular flexibility index (Phi) is 2.78. The van der Waals surface area contributed by atoms with Crippen LogP contribution >= 0.6 is 0 Å². The maximum atomic E-state index is 4.34. The van der Waals surface area contributed by atoms with Gasteiger partial charge < -0.3 is 5.32 Å². The van der Waals surface area contributed by atoms with Crippen LogP contribution in [-0.4, -0.2) is 15.2 Å². The maximum absolute atomic E-state index is 4.34. The van der Waals surface area contributed by atoms with Crippen molar-refractivity contribution < 1.29 is 0 Å². The van der Waals surface area contributed by atoms with Crippen molar-refractivity contribution in [2.24, 2.45) is 0 Å². The Morgan fingerprint density at radius 3 is 3.00 bits per heavy atom. The number of fused-ring (bicyclic) bond motifs is 2. The van der Waals surface area contributed by atoms with E-state index in [9.17, 15) is 0 Å². The average molecular weight is 274 g/mol. The third kappa shape index (κ3) is 2.31. The molecule has 102 valence electrons. The number of aromatic amines is 1. The first kappa shape index (κ1) is 11.9. The number of benzene rings is 2. The molecule has 0 unspecified atom stereocenters. The first-order valence-electron chi connectivity index (χ1n) is 6.89. The molecule has 2 aromatic carbocycles. The van der Waals surface area contributed by atoms with E-state index in [4.69, 9.17) is 0 Å². The van der Waals surface area contributed by atoms with Crippen LogP contribution in [-0.2, 0) is 6.54 Å². The van der Waals surface area contributed by atoms with Gasteiger partial charge in [0.15, 0.2) is 0 Å². The Bertz CT molecular complexity index is 911. The summed E-state index contributed by atoms with van der Waals surface area (Å²) in [5, 5.41) is 12.7. The predicted molar refractivity (Wildman–Crippen MR) is 85.2 cm³/mol. The van der Waals surface area contributed by atoms with Gasteiger partial charge >= 0.3 is 0 Å². The van der Waals surface area contributed by atoms with Gasteiger partial charge in [-0.1, -0.05) is 12.1 Å². The van der Waals surface area contributed by atoms with Crippen LogP contribution in [0.4, 0.5) is 5.69 Å². The van der Waals surface area contributed by atoms with Gasteiger partial charge in [0, 0.05) is 29.2 Å². The Balaban J connectivity index is 1.56. The Labute approximate surface area is 121 Å². The van der Waals surface area contributed by atoms with Crippen molar-refractivity contribution in [1.29, 1.82) is 0 Å². The predicted octanol–water partition coefficient (Wildman–Crippen LogP) is 3.72. The number of aromatic nitrogens is 3. The van der Waals surface area contributed by atoms with Crippen LogP contribution in [0.1, 0.15) is 5.56 Å². The van der Waals surface area contributed by atoms with Crippen LogP contribution < -0.4 is 5.32 Å². The number of pyridine rings is 1. The highest BCUT2D eigenvalue weighted by molar-refractivity contribution is 5.82. The standard InChI is InChI=1S/C17H14N4/c1-2-13-8-12(3-6-16(13)18-7-1)10-19-15-5-4-14-11-20-21-17(14)9-15/h1-9,11,19H,10H2,(H,20,21). The zero-order valence-corrected chi connectivity index (χ0v) is 11.4. The van der Waals surface area contributed by atoms with Crippen molar-refractivity contribution in [1.82, 2.24) is 15.2 Å². The van der Waals surface area contributed by atoms with Gasteiger partial charge in [-0.15, -0.1) is 0 Å². The second-order valence-corrected chi connectivity index (χ2v) is 5.06. The number of nitrogens with one attached hydrogen (secondary N) is 2. The van der Waals surface area contributed by atoms with Crippen LogP contribution in [0.5, 0.6) is 0 Å². The number of hydrogen-bond acceptors (Lipinski definition) is 3. The summed E-state index contributed by atoms with van der Waals surface area (Å²) < 4.78 is 0. The van der Waals surface area contributed by atoms with E-state index in [1.54, 1.807) is 0 Å². The lowest BCUT2D eigenvalue weighted by molar-refractivity contribution is 1.12. The molecular weight excluding hydrogens is 260 g/mol. The zero-order chi connectivity index (χ0) is 14.1. The number of rotatable bonds is 3. The molecule has 0 aliphatic heterocycles. The fourth-order valence-corrected chi connectivity index (χ4v) is 2.49. The minimum atomic E-state index is 0.782. The molecule has 4 aromatic rings. The lowest BCUT2D eigenvalue weighted by Gasteiger charge is -2.07. The molecule has 21 heavy (non-hydrogen) atoms. The zero-order valence-electron chi connectivity index (χ0n) is 11.4. The van der Waals surface area contributed by atoms with Gasteiger partial charge in [0.05, 0.1) is 17.2 Å². The normalized spacial score (nSPS) is 11.0. The monoisotopic (exact) mass is 274 g/mol. The molecule has 4 rings (SSSR count). The molecule has 2 heterocycles. The van der Waals surface area contributed by atoms with Crippen molar-refractivity contribution in [3.05, 3.63) is 66.5 Å². The third-order valence-electron chi connectivity index (χ3n) is 3.61. The van der Waals surface area contributed by atoms with E-state index in [0.29, 0.717) is 0 Å². The average Bonchev–Trinajstić information content (AvgIpc) is 3.00. The van der Waals surface area contributed by atoms with Gasteiger partial charge in [-0.25, -0.2) is 0 Å². The summed E-state index contributed by atoms with van der Waals surface area (Å²) in [5.41, 5.74) is 4.39. The first-order chi connectivity index (χ1) is 10.4. The van der Waals surface area contributed by atoms with Gasteiger partial charge in [-0.3, -0.25) is 10.1 Å². The number of hydrogen-bond donors (Lipinski definition) is 2. The van der Waals surface area contributed by atoms with E-state index in [-0.39, 0.29) is 0 Å². The van der Waals surface area contributed by atoms with Crippen molar-refractivity contribution in [3.63, 3.8) is 0 Å². The summed E-state index contributed by atoms with van der Waals surface area (Å²) in [5.74, 6) is 0. The van der Waals surface area contributed by atoms with E-state index < -0.39 is 0 Å². The van der Waals surface area contributed by atoms with Gasteiger partial charge in [0.25, 0.3) is 0 Å². The Morgan fingerprint density at radius 2 is 2.00 bits per heavy atom. The smallest absolute Gasteiger partial charge is 0.0702 e.